The van der Waals surface area contributed by atoms with Crippen molar-refractivity contribution in [3.63, 3.8) is 0 Å². The Hall–Kier alpha value is -1.50. The van der Waals surface area contributed by atoms with Crippen molar-refractivity contribution in [3.8, 4) is 0 Å². The summed E-state index contributed by atoms with van der Waals surface area (Å²) in [6, 6.07) is 15.3. The predicted molar refractivity (Wildman–Crippen MR) is 74.6 cm³/mol. The number of piperidine rings is 1. The van der Waals surface area contributed by atoms with Crippen molar-refractivity contribution in [1.82, 2.24) is 0 Å². The molecule has 0 atom stereocenters. The van der Waals surface area contributed by atoms with Crippen LogP contribution in [0.2, 0.25) is 0 Å². The van der Waals surface area contributed by atoms with Crippen molar-refractivity contribution in [2.45, 2.75) is 19.8 Å². The molecule has 0 bridgehead atoms. The molecule has 1 heteroatoms. The molecule has 17 heavy (non-hydrogen) atoms. The topological polar surface area (TPSA) is 3.24 Å². The van der Waals surface area contributed by atoms with Crippen LogP contribution in [0.25, 0.3) is 10.8 Å². The first-order valence-corrected chi connectivity index (χ1v) is 6.57. The van der Waals surface area contributed by atoms with Gasteiger partial charge < -0.3 is 4.90 Å². The first-order valence-electron chi connectivity index (χ1n) is 6.57. The van der Waals surface area contributed by atoms with Gasteiger partial charge in [-0.15, -0.1) is 0 Å². The van der Waals surface area contributed by atoms with E-state index in [0.717, 1.165) is 5.92 Å². The predicted octanol–water partition coefficient (Wildman–Crippen LogP) is 4.08. The number of anilines is 1. The van der Waals surface area contributed by atoms with Gasteiger partial charge in [0.1, 0.15) is 0 Å². The summed E-state index contributed by atoms with van der Waals surface area (Å²) in [5, 5.41) is 2.74. The summed E-state index contributed by atoms with van der Waals surface area (Å²) in [4.78, 5) is 2.54. The van der Waals surface area contributed by atoms with Gasteiger partial charge in [0.25, 0.3) is 0 Å². The highest BCUT2D eigenvalue weighted by Gasteiger charge is 2.17. The molecule has 2 aromatic carbocycles. The number of rotatable bonds is 1. The Morgan fingerprint density at radius 3 is 2.47 bits per heavy atom. The lowest BCUT2D eigenvalue weighted by Crippen LogP contribution is -2.32. The van der Waals surface area contributed by atoms with Gasteiger partial charge in [0, 0.05) is 24.2 Å². The van der Waals surface area contributed by atoms with Crippen LogP contribution >= 0.6 is 0 Å². The minimum Gasteiger partial charge on any atom is -0.371 e. The van der Waals surface area contributed by atoms with E-state index in [0.29, 0.717) is 0 Å². The zero-order chi connectivity index (χ0) is 11.7. The van der Waals surface area contributed by atoms with E-state index >= 15 is 0 Å². The van der Waals surface area contributed by atoms with Crippen LogP contribution in [0.3, 0.4) is 0 Å². The molecule has 0 aromatic heterocycles. The summed E-state index contributed by atoms with van der Waals surface area (Å²) in [5.74, 6) is 0.890. The zero-order valence-electron chi connectivity index (χ0n) is 10.4. The lowest BCUT2D eigenvalue weighted by Gasteiger charge is -2.33. The molecule has 0 saturated carbocycles. The summed E-state index contributed by atoms with van der Waals surface area (Å²) in [7, 11) is 0. The van der Waals surface area contributed by atoms with E-state index in [1.807, 2.05) is 0 Å². The fraction of sp³-hybridized carbons (Fsp3) is 0.375. The average Bonchev–Trinajstić information content (AvgIpc) is 2.39. The van der Waals surface area contributed by atoms with Crippen LogP contribution in [-0.4, -0.2) is 13.1 Å². The standard InChI is InChI=1S/C16H19N/c1-13-9-11-17(12-10-13)16-8-4-6-14-5-2-3-7-15(14)16/h2-8,13H,9-12H2,1H3. The molecular formula is C16H19N. The van der Waals surface area contributed by atoms with Gasteiger partial charge in [0.2, 0.25) is 0 Å². The van der Waals surface area contributed by atoms with Crippen molar-refractivity contribution < 1.29 is 0 Å². The third kappa shape index (κ3) is 2.02. The van der Waals surface area contributed by atoms with E-state index in [9.17, 15) is 0 Å². The third-order valence-electron chi connectivity index (χ3n) is 3.89. The Bertz CT molecular complexity index is 504. The maximum atomic E-state index is 2.54. The van der Waals surface area contributed by atoms with E-state index in [1.54, 1.807) is 0 Å². The van der Waals surface area contributed by atoms with E-state index in [1.165, 1.54) is 42.4 Å². The monoisotopic (exact) mass is 225 g/mol. The minimum atomic E-state index is 0.890. The van der Waals surface area contributed by atoms with Gasteiger partial charge in [-0.1, -0.05) is 43.3 Å². The molecule has 1 aliphatic heterocycles. The average molecular weight is 225 g/mol. The fourth-order valence-corrected chi connectivity index (χ4v) is 2.73. The molecule has 0 amide bonds. The molecule has 0 radical (unpaired) electrons. The Morgan fingerprint density at radius 2 is 1.65 bits per heavy atom. The Balaban J connectivity index is 2.00. The second kappa shape index (κ2) is 4.40. The first-order chi connectivity index (χ1) is 8.34. The minimum absolute atomic E-state index is 0.890. The van der Waals surface area contributed by atoms with Gasteiger partial charge in [-0.2, -0.15) is 0 Å². The second-order valence-electron chi connectivity index (χ2n) is 5.17. The molecule has 1 saturated heterocycles. The molecule has 1 aliphatic rings. The van der Waals surface area contributed by atoms with Crippen LogP contribution in [0.4, 0.5) is 5.69 Å². The molecule has 1 fully saturated rings. The van der Waals surface area contributed by atoms with E-state index < -0.39 is 0 Å². The zero-order valence-corrected chi connectivity index (χ0v) is 10.4. The number of hydrogen-bond donors (Lipinski definition) is 0. The maximum absolute atomic E-state index is 2.54. The van der Waals surface area contributed by atoms with Crippen molar-refractivity contribution in [2.24, 2.45) is 5.92 Å². The smallest absolute Gasteiger partial charge is 0.0445 e. The van der Waals surface area contributed by atoms with Crippen LogP contribution in [0, 0.1) is 5.92 Å². The Labute approximate surface area is 103 Å². The molecule has 0 aliphatic carbocycles. The molecule has 88 valence electrons. The number of nitrogens with zero attached hydrogens (tertiary/aromatic N) is 1. The molecule has 3 rings (SSSR count). The summed E-state index contributed by atoms with van der Waals surface area (Å²) in [5.41, 5.74) is 1.41. The summed E-state index contributed by atoms with van der Waals surface area (Å²) in [6.45, 7) is 4.77. The SMILES string of the molecule is CC1CCN(c2cccc3ccccc23)CC1. The van der Waals surface area contributed by atoms with Crippen molar-refractivity contribution >= 4 is 16.5 Å². The van der Waals surface area contributed by atoms with Crippen molar-refractivity contribution in [3.05, 3.63) is 42.5 Å². The molecule has 0 spiro atoms. The Morgan fingerprint density at radius 1 is 0.941 bits per heavy atom. The van der Waals surface area contributed by atoms with Crippen molar-refractivity contribution in [1.29, 1.82) is 0 Å². The third-order valence-corrected chi connectivity index (χ3v) is 3.89. The molecule has 2 aromatic rings. The van der Waals surface area contributed by atoms with Gasteiger partial charge >= 0.3 is 0 Å². The van der Waals surface area contributed by atoms with Crippen LogP contribution in [-0.2, 0) is 0 Å². The number of hydrogen-bond acceptors (Lipinski definition) is 1. The summed E-state index contributed by atoms with van der Waals surface area (Å²) >= 11 is 0. The van der Waals surface area contributed by atoms with Gasteiger partial charge in [0.15, 0.2) is 0 Å². The van der Waals surface area contributed by atoms with Gasteiger partial charge in [-0.05, 0) is 30.2 Å². The maximum Gasteiger partial charge on any atom is 0.0445 e. The van der Waals surface area contributed by atoms with E-state index in [4.69, 9.17) is 0 Å². The van der Waals surface area contributed by atoms with E-state index in [-0.39, 0.29) is 0 Å². The molecule has 1 heterocycles. The lowest BCUT2D eigenvalue weighted by atomic mass is 9.98. The van der Waals surface area contributed by atoms with Crippen LogP contribution in [0.5, 0.6) is 0 Å². The summed E-state index contributed by atoms with van der Waals surface area (Å²) in [6.07, 6.45) is 2.65. The number of benzene rings is 2. The normalized spacial score (nSPS) is 17.6. The molecular weight excluding hydrogens is 206 g/mol. The van der Waals surface area contributed by atoms with Gasteiger partial charge in [-0.25, -0.2) is 0 Å². The lowest BCUT2D eigenvalue weighted by molar-refractivity contribution is 0.439. The second-order valence-corrected chi connectivity index (χ2v) is 5.17. The quantitative estimate of drug-likeness (QED) is 0.707. The van der Waals surface area contributed by atoms with E-state index in [2.05, 4.69) is 54.3 Å². The fourth-order valence-electron chi connectivity index (χ4n) is 2.73. The molecule has 0 unspecified atom stereocenters. The highest BCUT2D eigenvalue weighted by Crippen LogP contribution is 2.29. The first kappa shape index (κ1) is 10.6. The van der Waals surface area contributed by atoms with Crippen molar-refractivity contribution in [2.75, 3.05) is 18.0 Å². The van der Waals surface area contributed by atoms with Gasteiger partial charge in [-0.3, -0.25) is 0 Å². The largest absolute Gasteiger partial charge is 0.371 e. The van der Waals surface area contributed by atoms with Gasteiger partial charge in [0.05, 0.1) is 0 Å². The van der Waals surface area contributed by atoms with Crippen LogP contribution in [0.15, 0.2) is 42.5 Å². The summed E-state index contributed by atoms with van der Waals surface area (Å²) < 4.78 is 0. The Kier molecular flexibility index (Phi) is 2.76. The highest BCUT2D eigenvalue weighted by molar-refractivity contribution is 5.94. The van der Waals surface area contributed by atoms with Crippen LogP contribution < -0.4 is 4.90 Å². The number of fused-ring (bicyclic) bond motifs is 1. The molecule has 0 N–H and O–H groups in total. The molecule has 1 nitrogen and oxygen atoms in total. The highest BCUT2D eigenvalue weighted by atomic mass is 15.1. The van der Waals surface area contributed by atoms with Crippen LogP contribution in [0.1, 0.15) is 19.8 Å².